The van der Waals surface area contributed by atoms with E-state index in [1.807, 2.05) is 26.0 Å². The fraction of sp³-hybridized carbons (Fsp3) is 0.286. The molecule has 1 aromatic carbocycles. The van der Waals surface area contributed by atoms with E-state index in [-0.39, 0.29) is 11.9 Å². The molecule has 0 aliphatic heterocycles. The van der Waals surface area contributed by atoms with Gasteiger partial charge in [-0.2, -0.15) is 0 Å². The maximum atomic E-state index is 12.8. The standard InChI is InChI=1S/C14H16FNO/c1-10-3-8-14(17-10)9-16-11(2)12-4-6-13(15)7-5-12/h3-8,11,16H,9H2,1-2H3/t11-/m0/s1. The summed E-state index contributed by atoms with van der Waals surface area (Å²) < 4.78 is 18.2. The molecule has 0 amide bonds. The molecule has 0 aliphatic rings. The Labute approximate surface area is 100 Å². The summed E-state index contributed by atoms with van der Waals surface area (Å²) in [5, 5.41) is 3.33. The van der Waals surface area contributed by atoms with Gasteiger partial charge in [0.25, 0.3) is 0 Å². The van der Waals surface area contributed by atoms with Crippen molar-refractivity contribution in [3.63, 3.8) is 0 Å². The molecule has 2 aromatic rings. The summed E-state index contributed by atoms with van der Waals surface area (Å²) in [6.45, 7) is 4.64. The Morgan fingerprint density at radius 3 is 2.47 bits per heavy atom. The largest absolute Gasteiger partial charge is 0.465 e. The summed E-state index contributed by atoms with van der Waals surface area (Å²) in [5.74, 6) is 1.62. The molecule has 0 spiro atoms. The van der Waals surface area contributed by atoms with Crippen LogP contribution in [0, 0.1) is 12.7 Å². The van der Waals surface area contributed by atoms with E-state index in [1.165, 1.54) is 12.1 Å². The van der Waals surface area contributed by atoms with Crippen LogP contribution in [0.5, 0.6) is 0 Å². The van der Waals surface area contributed by atoms with Crippen molar-refractivity contribution in [1.29, 1.82) is 0 Å². The van der Waals surface area contributed by atoms with E-state index in [4.69, 9.17) is 4.42 Å². The van der Waals surface area contributed by atoms with Crippen LogP contribution < -0.4 is 5.32 Å². The minimum atomic E-state index is -0.206. The van der Waals surface area contributed by atoms with Crippen molar-refractivity contribution in [2.24, 2.45) is 0 Å². The average Bonchev–Trinajstić information content (AvgIpc) is 2.73. The van der Waals surface area contributed by atoms with Gasteiger partial charge in [0.05, 0.1) is 6.54 Å². The van der Waals surface area contributed by atoms with Gasteiger partial charge in [-0.25, -0.2) is 4.39 Å². The number of benzene rings is 1. The number of aryl methyl sites for hydroxylation is 1. The molecule has 1 aromatic heterocycles. The summed E-state index contributed by atoms with van der Waals surface area (Å²) in [4.78, 5) is 0. The van der Waals surface area contributed by atoms with Gasteiger partial charge in [-0.1, -0.05) is 12.1 Å². The van der Waals surface area contributed by atoms with E-state index < -0.39 is 0 Å². The number of nitrogens with one attached hydrogen (secondary N) is 1. The van der Waals surface area contributed by atoms with E-state index in [9.17, 15) is 4.39 Å². The molecule has 0 aliphatic carbocycles. The molecule has 1 N–H and O–H groups in total. The Hall–Kier alpha value is -1.61. The summed E-state index contributed by atoms with van der Waals surface area (Å²) in [6, 6.07) is 10.6. The van der Waals surface area contributed by atoms with Crippen LogP contribution in [0.2, 0.25) is 0 Å². The van der Waals surface area contributed by atoms with Crippen molar-refractivity contribution >= 4 is 0 Å². The summed E-state index contributed by atoms with van der Waals surface area (Å²) in [7, 11) is 0. The van der Waals surface area contributed by atoms with Gasteiger partial charge < -0.3 is 9.73 Å². The van der Waals surface area contributed by atoms with Gasteiger partial charge in [-0.3, -0.25) is 0 Å². The first-order valence-electron chi connectivity index (χ1n) is 5.69. The molecule has 1 heterocycles. The Balaban J connectivity index is 1.93. The fourth-order valence-electron chi connectivity index (χ4n) is 1.70. The molecule has 90 valence electrons. The second-order valence-corrected chi connectivity index (χ2v) is 4.17. The second kappa shape index (κ2) is 5.15. The molecule has 0 radical (unpaired) electrons. The SMILES string of the molecule is Cc1ccc(CN[C@@H](C)c2ccc(F)cc2)o1. The zero-order valence-electron chi connectivity index (χ0n) is 10.0. The molecule has 0 saturated carbocycles. The van der Waals surface area contributed by atoms with E-state index in [0.717, 1.165) is 17.1 Å². The van der Waals surface area contributed by atoms with Crippen LogP contribution in [0.3, 0.4) is 0 Å². The minimum Gasteiger partial charge on any atom is -0.465 e. The summed E-state index contributed by atoms with van der Waals surface area (Å²) >= 11 is 0. The van der Waals surface area contributed by atoms with Gasteiger partial charge >= 0.3 is 0 Å². The number of furan rings is 1. The predicted octanol–water partition coefficient (Wildman–Crippen LogP) is 3.58. The van der Waals surface area contributed by atoms with Gasteiger partial charge in [0, 0.05) is 6.04 Å². The predicted molar refractivity (Wildman–Crippen MR) is 65.1 cm³/mol. The highest BCUT2D eigenvalue weighted by Crippen LogP contribution is 2.14. The number of halogens is 1. The van der Waals surface area contributed by atoms with E-state index >= 15 is 0 Å². The molecule has 0 saturated heterocycles. The van der Waals surface area contributed by atoms with Gasteiger partial charge in [-0.15, -0.1) is 0 Å². The average molecular weight is 233 g/mol. The maximum absolute atomic E-state index is 12.8. The highest BCUT2D eigenvalue weighted by molar-refractivity contribution is 5.19. The molecule has 0 fully saturated rings. The monoisotopic (exact) mass is 233 g/mol. The molecule has 0 unspecified atom stereocenters. The lowest BCUT2D eigenvalue weighted by Crippen LogP contribution is -2.17. The first kappa shape index (κ1) is 11.9. The molecular formula is C14H16FNO. The van der Waals surface area contributed by atoms with Gasteiger partial charge in [0.15, 0.2) is 0 Å². The number of rotatable bonds is 4. The Morgan fingerprint density at radius 1 is 1.18 bits per heavy atom. The molecule has 0 bridgehead atoms. The van der Waals surface area contributed by atoms with Crippen LogP contribution in [0.15, 0.2) is 40.8 Å². The zero-order chi connectivity index (χ0) is 12.3. The van der Waals surface area contributed by atoms with Crippen molar-refractivity contribution in [2.45, 2.75) is 26.4 Å². The third-order valence-corrected chi connectivity index (χ3v) is 2.75. The maximum Gasteiger partial charge on any atom is 0.123 e. The van der Waals surface area contributed by atoms with Crippen molar-refractivity contribution < 1.29 is 8.81 Å². The van der Waals surface area contributed by atoms with Crippen LogP contribution in [0.4, 0.5) is 4.39 Å². The first-order valence-corrected chi connectivity index (χ1v) is 5.69. The Bertz CT molecular complexity index is 475. The molecule has 1 atom stereocenters. The number of hydrogen-bond donors (Lipinski definition) is 1. The van der Waals surface area contributed by atoms with E-state index in [1.54, 1.807) is 12.1 Å². The lowest BCUT2D eigenvalue weighted by atomic mass is 10.1. The van der Waals surface area contributed by atoms with Crippen molar-refractivity contribution in [2.75, 3.05) is 0 Å². The minimum absolute atomic E-state index is 0.168. The van der Waals surface area contributed by atoms with Crippen molar-refractivity contribution in [3.05, 3.63) is 59.3 Å². The molecule has 2 rings (SSSR count). The van der Waals surface area contributed by atoms with Gasteiger partial charge in [0.2, 0.25) is 0 Å². The fourth-order valence-corrected chi connectivity index (χ4v) is 1.70. The third kappa shape index (κ3) is 3.17. The van der Waals surface area contributed by atoms with Gasteiger partial charge in [0.1, 0.15) is 17.3 Å². The van der Waals surface area contributed by atoms with Crippen LogP contribution >= 0.6 is 0 Å². The summed E-state index contributed by atoms with van der Waals surface area (Å²) in [6.07, 6.45) is 0. The first-order chi connectivity index (χ1) is 8.15. The highest BCUT2D eigenvalue weighted by Gasteiger charge is 2.06. The lowest BCUT2D eigenvalue weighted by Gasteiger charge is -2.13. The van der Waals surface area contributed by atoms with Gasteiger partial charge in [-0.05, 0) is 43.7 Å². The van der Waals surface area contributed by atoms with Crippen LogP contribution in [-0.4, -0.2) is 0 Å². The van der Waals surface area contributed by atoms with E-state index in [0.29, 0.717) is 6.54 Å². The molecule has 3 heteroatoms. The van der Waals surface area contributed by atoms with Crippen LogP contribution in [0.1, 0.15) is 30.0 Å². The molecule has 2 nitrogen and oxygen atoms in total. The van der Waals surface area contributed by atoms with E-state index in [2.05, 4.69) is 5.32 Å². The number of hydrogen-bond acceptors (Lipinski definition) is 2. The Morgan fingerprint density at radius 2 is 1.88 bits per heavy atom. The van der Waals surface area contributed by atoms with Crippen molar-refractivity contribution in [3.8, 4) is 0 Å². The quantitative estimate of drug-likeness (QED) is 0.873. The van der Waals surface area contributed by atoms with Crippen molar-refractivity contribution in [1.82, 2.24) is 5.32 Å². The zero-order valence-corrected chi connectivity index (χ0v) is 10.0. The highest BCUT2D eigenvalue weighted by atomic mass is 19.1. The normalized spacial score (nSPS) is 12.6. The third-order valence-electron chi connectivity index (χ3n) is 2.75. The smallest absolute Gasteiger partial charge is 0.123 e. The topological polar surface area (TPSA) is 25.2 Å². The molecule has 17 heavy (non-hydrogen) atoms. The summed E-state index contributed by atoms with van der Waals surface area (Å²) in [5.41, 5.74) is 1.06. The Kier molecular flexibility index (Phi) is 3.59. The van der Waals surface area contributed by atoms with Crippen LogP contribution in [0.25, 0.3) is 0 Å². The second-order valence-electron chi connectivity index (χ2n) is 4.17. The molecular weight excluding hydrogens is 217 g/mol. The van der Waals surface area contributed by atoms with Crippen LogP contribution in [-0.2, 0) is 6.54 Å². The lowest BCUT2D eigenvalue weighted by molar-refractivity contribution is 0.444.